The molecule has 1 N–H and O–H groups in total. The minimum absolute atomic E-state index is 0.216. The van der Waals surface area contributed by atoms with Gasteiger partial charge in [-0.2, -0.15) is 0 Å². The summed E-state index contributed by atoms with van der Waals surface area (Å²) < 4.78 is 9.27. The second-order valence-electron chi connectivity index (χ2n) is 8.16. The van der Waals surface area contributed by atoms with E-state index < -0.39 is 3.42 Å². The van der Waals surface area contributed by atoms with E-state index in [1.807, 2.05) is 12.1 Å². The number of hydrogen-bond acceptors (Lipinski definition) is 6. The zero-order chi connectivity index (χ0) is 22.2. The predicted molar refractivity (Wildman–Crippen MR) is 131 cm³/mol. The van der Waals surface area contributed by atoms with Crippen LogP contribution in [0.5, 0.6) is 0 Å². The highest BCUT2D eigenvalue weighted by atomic mass is 127. The smallest absolute Gasteiger partial charge is 0.327 e. The summed E-state index contributed by atoms with van der Waals surface area (Å²) in [4.78, 5) is 31.7. The highest BCUT2D eigenvalue weighted by Crippen LogP contribution is 2.46. The first kappa shape index (κ1) is 22.7. The van der Waals surface area contributed by atoms with Gasteiger partial charge < -0.3 is 14.5 Å². The summed E-state index contributed by atoms with van der Waals surface area (Å²) in [5.74, 6) is 0.118. The molecule has 1 aromatic carbocycles. The number of carbonyl (C=O) groups is 2. The summed E-state index contributed by atoms with van der Waals surface area (Å²) in [6.07, 6.45) is 4.08. The fourth-order valence-electron chi connectivity index (χ4n) is 4.65. The number of carbonyl (C=O) groups excluding carboxylic acids is 2. The monoisotopic (exact) mass is 554 g/mol. The Morgan fingerprint density at radius 3 is 2.81 bits per heavy atom. The third-order valence-corrected chi connectivity index (χ3v) is 8.52. The first-order chi connectivity index (χ1) is 14.9. The Hall–Kier alpha value is -1.52. The van der Waals surface area contributed by atoms with Crippen LogP contribution in [-0.2, 0) is 29.0 Å². The third-order valence-electron chi connectivity index (χ3n) is 6.14. The molecular weight excluding hydrogens is 527 g/mol. The molecule has 0 fully saturated rings. The maximum Gasteiger partial charge on any atom is 0.327 e. The SMILES string of the molecule is CCC1=C[C@H]2CN(C1)Cc1c([nH]c3ccc(SCC(=O)OC)cc13)[C@](I)(C(=O)OC)C2. The molecule has 6 nitrogen and oxygen atoms in total. The number of esters is 2. The van der Waals surface area contributed by atoms with Gasteiger partial charge in [-0.15, -0.1) is 11.8 Å². The van der Waals surface area contributed by atoms with Crippen LogP contribution in [0.25, 0.3) is 10.9 Å². The Morgan fingerprint density at radius 1 is 1.29 bits per heavy atom. The minimum Gasteiger partial charge on any atom is -0.468 e. The lowest BCUT2D eigenvalue weighted by Gasteiger charge is -2.39. The van der Waals surface area contributed by atoms with Crippen LogP contribution in [0.2, 0.25) is 0 Å². The van der Waals surface area contributed by atoms with Crippen LogP contribution in [0, 0.1) is 5.92 Å². The van der Waals surface area contributed by atoms with Crippen molar-refractivity contribution in [1.29, 1.82) is 0 Å². The number of rotatable bonds is 5. The zero-order valence-corrected chi connectivity index (χ0v) is 21.0. The van der Waals surface area contributed by atoms with Gasteiger partial charge in [-0.1, -0.05) is 41.2 Å². The fourth-order valence-corrected chi connectivity index (χ4v) is 6.66. The number of aromatic nitrogens is 1. The zero-order valence-electron chi connectivity index (χ0n) is 18.0. The van der Waals surface area contributed by atoms with Crippen molar-refractivity contribution in [1.82, 2.24) is 9.88 Å². The average Bonchev–Trinajstić information content (AvgIpc) is 3.13. The van der Waals surface area contributed by atoms with E-state index in [0.717, 1.165) is 53.1 Å². The lowest BCUT2D eigenvalue weighted by molar-refractivity contribution is -0.144. The van der Waals surface area contributed by atoms with Gasteiger partial charge in [0.2, 0.25) is 0 Å². The number of nitrogens with one attached hydrogen (secondary N) is 1. The van der Waals surface area contributed by atoms with Crippen LogP contribution in [0.3, 0.4) is 0 Å². The maximum absolute atomic E-state index is 13.0. The number of thioether (sulfide) groups is 1. The highest BCUT2D eigenvalue weighted by Gasteiger charge is 2.46. The summed E-state index contributed by atoms with van der Waals surface area (Å²) in [6.45, 7) is 4.87. The molecule has 1 unspecified atom stereocenters. The second kappa shape index (κ2) is 9.15. The fraction of sp³-hybridized carbons (Fsp3) is 0.478. The Kier molecular flexibility index (Phi) is 6.69. The van der Waals surface area contributed by atoms with Gasteiger partial charge >= 0.3 is 11.9 Å². The Morgan fingerprint density at radius 2 is 2.10 bits per heavy atom. The van der Waals surface area contributed by atoms with E-state index in [9.17, 15) is 9.59 Å². The van der Waals surface area contributed by atoms with Crippen molar-refractivity contribution in [2.45, 2.75) is 34.6 Å². The van der Waals surface area contributed by atoms with Crippen molar-refractivity contribution in [3.8, 4) is 0 Å². The quantitative estimate of drug-likeness (QED) is 0.194. The number of ether oxygens (including phenoxy) is 2. The highest BCUT2D eigenvalue weighted by molar-refractivity contribution is 14.1. The summed E-state index contributed by atoms with van der Waals surface area (Å²) in [6, 6.07) is 6.15. The molecule has 31 heavy (non-hydrogen) atoms. The van der Waals surface area contributed by atoms with Gasteiger partial charge in [0.1, 0.15) is 0 Å². The summed E-state index contributed by atoms with van der Waals surface area (Å²) in [7, 11) is 2.87. The summed E-state index contributed by atoms with van der Waals surface area (Å²) in [5.41, 5.74) is 4.51. The molecule has 3 atom stereocenters. The maximum atomic E-state index is 13.0. The molecule has 2 aliphatic heterocycles. The number of alkyl halides is 1. The first-order valence-corrected chi connectivity index (χ1v) is 12.5. The molecule has 0 amide bonds. The van der Waals surface area contributed by atoms with Gasteiger partial charge in [0.05, 0.1) is 20.0 Å². The molecule has 166 valence electrons. The number of benzene rings is 1. The van der Waals surface area contributed by atoms with Crippen LogP contribution in [0.1, 0.15) is 31.0 Å². The van der Waals surface area contributed by atoms with Crippen LogP contribution in [0.15, 0.2) is 34.7 Å². The number of aromatic amines is 1. The summed E-state index contributed by atoms with van der Waals surface area (Å²) >= 11 is 3.75. The normalized spacial score (nSPS) is 25.2. The molecule has 4 rings (SSSR count). The van der Waals surface area contributed by atoms with E-state index in [1.54, 1.807) is 0 Å². The van der Waals surface area contributed by atoms with Crippen molar-refractivity contribution in [2.24, 2.45) is 5.92 Å². The Balaban J connectivity index is 1.81. The number of fused-ring (bicyclic) bond motifs is 5. The number of hydrogen-bond donors (Lipinski definition) is 1. The van der Waals surface area contributed by atoms with Gasteiger partial charge in [-0.25, -0.2) is 0 Å². The van der Waals surface area contributed by atoms with Gasteiger partial charge in [-0.3, -0.25) is 14.5 Å². The third kappa shape index (κ3) is 4.39. The number of methoxy groups -OCH3 is 2. The lowest BCUT2D eigenvalue weighted by Crippen LogP contribution is -2.43. The molecule has 2 aromatic rings. The van der Waals surface area contributed by atoms with E-state index in [-0.39, 0.29) is 17.7 Å². The van der Waals surface area contributed by atoms with E-state index >= 15 is 0 Å². The van der Waals surface area contributed by atoms with Gasteiger partial charge in [-0.05, 0) is 42.5 Å². The van der Waals surface area contributed by atoms with E-state index in [0.29, 0.717) is 12.3 Å². The molecule has 0 saturated heterocycles. The van der Waals surface area contributed by atoms with E-state index in [4.69, 9.17) is 9.47 Å². The number of halogens is 1. The number of nitrogens with zero attached hydrogens (tertiary/aromatic N) is 1. The molecule has 1 aromatic heterocycles. The van der Waals surface area contributed by atoms with Crippen molar-refractivity contribution < 1.29 is 19.1 Å². The lowest BCUT2D eigenvalue weighted by atomic mass is 9.84. The van der Waals surface area contributed by atoms with Crippen LogP contribution in [0.4, 0.5) is 0 Å². The van der Waals surface area contributed by atoms with Crippen LogP contribution in [-0.4, -0.2) is 54.9 Å². The summed E-state index contributed by atoms with van der Waals surface area (Å²) in [5, 5.41) is 1.10. The molecule has 2 aliphatic rings. The molecular formula is C23H27IN2O4S. The second-order valence-corrected chi connectivity index (χ2v) is 11.0. The molecule has 0 spiro atoms. The van der Waals surface area contributed by atoms with Gasteiger partial charge in [0, 0.05) is 41.1 Å². The molecule has 0 saturated carbocycles. The molecule has 0 aliphatic carbocycles. The van der Waals surface area contributed by atoms with Crippen LogP contribution < -0.4 is 0 Å². The topological polar surface area (TPSA) is 71.6 Å². The first-order valence-electron chi connectivity index (χ1n) is 10.4. The minimum atomic E-state index is -0.774. The Labute approximate surface area is 200 Å². The Bertz CT molecular complexity index is 1050. The van der Waals surface area contributed by atoms with Gasteiger partial charge in [0.15, 0.2) is 3.42 Å². The largest absolute Gasteiger partial charge is 0.468 e. The van der Waals surface area contributed by atoms with Crippen LogP contribution >= 0.6 is 34.4 Å². The van der Waals surface area contributed by atoms with Crippen molar-refractivity contribution in [2.75, 3.05) is 33.1 Å². The standard InChI is InChI=1S/C23H27IN2O4S/c1-4-14-7-15-9-23(24,22(28)30-3)21-18(12-26(10-14)11-15)17-8-16(5-6-19(17)25-21)31-13-20(27)29-2/h5-8,15,25H,4,9-13H2,1-3H3/t15-,23+/m1/s1. The molecule has 2 bridgehead atoms. The predicted octanol–water partition coefficient (Wildman–Crippen LogP) is 4.41. The molecule has 8 heteroatoms. The van der Waals surface area contributed by atoms with E-state index in [1.165, 1.54) is 31.6 Å². The van der Waals surface area contributed by atoms with Gasteiger partial charge in [0.25, 0.3) is 0 Å². The van der Waals surface area contributed by atoms with Crippen molar-refractivity contribution >= 4 is 57.2 Å². The number of H-pyrrole nitrogens is 1. The van der Waals surface area contributed by atoms with E-state index in [2.05, 4.69) is 51.5 Å². The van der Waals surface area contributed by atoms with Crippen molar-refractivity contribution in [3.63, 3.8) is 0 Å². The molecule has 0 radical (unpaired) electrons. The van der Waals surface area contributed by atoms with Crippen molar-refractivity contribution in [3.05, 3.63) is 41.1 Å². The average molecular weight is 554 g/mol. The molecule has 3 heterocycles.